The lowest BCUT2D eigenvalue weighted by atomic mass is 9.89. The fourth-order valence-electron chi connectivity index (χ4n) is 2.42. The SMILES string of the molecule is CCOC(=O)C(Cc1ccc(C(=O)OC)cc1)(OC(C)(C)C)C(C)=O. The van der Waals surface area contributed by atoms with Crippen LogP contribution in [0.25, 0.3) is 0 Å². The Morgan fingerprint density at radius 1 is 1.04 bits per heavy atom. The average Bonchev–Trinajstić information content (AvgIpc) is 2.52. The summed E-state index contributed by atoms with van der Waals surface area (Å²) >= 11 is 0. The summed E-state index contributed by atoms with van der Waals surface area (Å²) in [5, 5.41) is 0. The topological polar surface area (TPSA) is 78.9 Å². The van der Waals surface area contributed by atoms with Crippen molar-refractivity contribution in [3.63, 3.8) is 0 Å². The van der Waals surface area contributed by atoms with Gasteiger partial charge >= 0.3 is 11.9 Å². The van der Waals surface area contributed by atoms with Crippen molar-refractivity contribution in [2.45, 2.75) is 52.2 Å². The fraction of sp³-hybridized carbons (Fsp3) is 0.526. The molecule has 0 N–H and O–H groups in total. The highest BCUT2D eigenvalue weighted by Gasteiger charge is 2.48. The van der Waals surface area contributed by atoms with E-state index in [1.54, 1.807) is 52.0 Å². The number of carbonyl (C=O) groups excluding carboxylic acids is 3. The van der Waals surface area contributed by atoms with E-state index in [4.69, 9.17) is 9.47 Å². The zero-order chi connectivity index (χ0) is 19.3. The number of ether oxygens (including phenoxy) is 3. The molecule has 25 heavy (non-hydrogen) atoms. The first kappa shape index (κ1) is 20.8. The molecule has 138 valence electrons. The van der Waals surface area contributed by atoms with Crippen LogP contribution in [0.2, 0.25) is 0 Å². The van der Waals surface area contributed by atoms with E-state index in [1.165, 1.54) is 14.0 Å². The van der Waals surface area contributed by atoms with Crippen LogP contribution in [0.3, 0.4) is 0 Å². The van der Waals surface area contributed by atoms with E-state index in [-0.39, 0.29) is 13.0 Å². The van der Waals surface area contributed by atoms with E-state index >= 15 is 0 Å². The molecule has 0 amide bonds. The van der Waals surface area contributed by atoms with Gasteiger partial charge in [-0.15, -0.1) is 0 Å². The van der Waals surface area contributed by atoms with Gasteiger partial charge in [-0.3, -0.25) is 4.79 Å². The summed E-state index contributed by atoms with van der Waals surface area (Å²) in [5.74, 6) is -1.60. The van der Waals surface area contributed by atoms with E-state index in [0.717, 1.165) is 0 Å². The number of hydrogen-bond donors (Lipinski definition) is 0. The average molecular weight is 350 g/mol. The minimum atomic E-state index is -1.74. The summed E-state index contributed by atoms with van der Waals surface area (Å²) in [6.07, 6.45) is 0.0138. The van der Waals surface area contributed by atoms with Crippen molar-refractivity contribution < 1.29 is 28.6 Å². The first-order valence-corrected chi connectivity index (χ1v) is 8.11. The fourth-order valence-corrected chi connectivity index (χ4v) is 2.42. The summed E-state index contributed by atoms with van der Waals surface area (Å²) < 4.78 is 15.7. The maximum absolute atomic E-state index is 12.6. The Balaban J connectivity index is 3.25. The van der Waals surface area contributed by atoms with Crippen molar-refractivity contribution in [1.82, 2.24) is 0 Å². The van der Waals surface area contributed by atoms with Gasteiger partial charge in [-0.05, 0) is 52.3 Å². The van der Waals surface area contributed by atoms with Gasteiger partial charge in [0.1, 0.15) is 0 Å². The van der Waals surface area contributed by atoms with Crippen LogP contribution < -0.4 is 0 Å². The van der Waals surface area contributed by atoms with Crippen molar-refractivity contribution in [1.29, 1.82) is 0 Å². The quantitative estimate of drug-likeness (QED) is 0.556. The van der Waals surface area contributed by atoms with Gasteiger partial charge in [0.2, 0.25) is 5.60 Å². The molecule has 6 nitrogen and oxygen atoms in total. The van der Waals surface area contributed by atoms with Crippen molar-refractivity contribution in [2.24, 2.45) is 0 Å². The minimum Gasteiger partial charge on any atom is -0.465 e. The number of Topliss-reactive ketones (excluding diaryl/α,β-unsaturated/α-hetero) is 1. The van der Waals surface area contributed by atoms with Crippen LogP contribution in [0.1, 0.15) is 50.5 Å². The van der Waals surface area contributed by atoms with Crippen LogP contribution in [0.5, 0.6) is 0 Å². The lowest BCUT2D eigenvalue weighted by molar-refractivity contribution is -0.192. The molecule has 0 aliphatic rings. The van der Waals surface area contributed by atoms with Gasteiger partial charge < -0.3 is 14.2 Å². The number of esters is 2. The molecule has 6 heteroatoms. The van der Waals surface area contributed by atoms with E-state index in [9.17, 15) is 14.4 Å². The molecule has 1 atom stereocenters. The maximum atomic E-state index is 12.6. The maximum Gasteiger partial charge on any atom is 0.346 e. The summed E-state index contributed by atoms with van der Waals surface area (Å²) in [5.41, 5.74) is -1.42. The zero-order valence-corrected chi connectivity index (χ0v) is 15.7. The normalized spacial score (nSPS) is 13.7. The molecule has 0 saturated heterocycles. The lowest BCUT2D eigenvalue weighted by Gasteiger charge is -2.35. The number of rotatable bonds is 7. The van der Waals surface area contributed by atoms with Crippen LogP contribution >= 0.6 is 0 Å². The van der Waals surface area contributed by atoms with Crippen molar-refractivity contribution in [3.8, 4) is 0 Å². The third-order valence-corrected chi connectivity index (χ3v) is 3.48. The molecule has 0 fully saturated rings. The van der Waals surface area contributed by atoms with Gasteiger partial charge in [0, 0.05) is 6.42 Å². The summed E-state index contributed by atoms with van der Waals surface area (Å²) in [4.78, 5) is 36.5. The Labute approximate surface area is 148 Å². The Kier molecular flexibility index (Phi) is 6.87. The predicted molar refractivity (Wildman–Crippen MR) is 92.4 cm³/mol. The third kappa shape index (κ3) is 5.39. The second-order valence-electron chi connectivity index (χ2n) is 6.68. The first-order chi connectivity index (χ1) is 11.6. The van der Waals surface area contributed by atoms with E-state index in [2.05, 4.69) is 4.74 Å². The highest BCUT2D eigenvalue weighted by atomic mass is 16.6. The highest BCUT2D eigenvalue weighted by molar-refractivity contribution is 6.06. The van der Waals surface area contributed by atoms with Crippen molar-refractivity contribution >= 4 is 17.7 Å². The number of hydrogen-bond acceptors (Lipinski definition) is 6. The molecule has 0 aliphatic heterocycles. The second-order valence-corrected chi connectivity index (χ2v) is 6.68. The minimum absolute atomic E-state index is 0.0138. The number of methoxy groups -OCH3 is 1. The largest absolute Gasteiger partial charge is 0.465 e. The molecule has 0 radical (unpaired) electrons. The Morgan fingerprint density at radius 3 is 2.00 bits per heavy atom. The lowest BCUT2D eigenvalue weighted by Crippen LogP contribution is -2.54. The van der Waals surface area contributed by atoms with E-state index in [0.29, 0.717) is 11.1 Å². The molecule has 0 aliphatic carbocycles. The first-order valence-electron chi connectivity index (χ1n) is 8.11. The van der Waals surface area contributed by atoms with Crippen LogP contribution in [-0.2, 0) is 30.2 Å². The van der Waals surface area contributed by atoms with E-state index in [1.807, 2.05) is 0 Å². The summed E-state index contributed by atoms with van der Waals surface area (Å²) in [7, 11) is 1.30. The molecule has 1 aromatic carbocycles. The van der Waals surface area contributed by atoms with Crippen LogP contribution in [0.4, 0.5) is 0 Å². The molecule has 0 bridgehead atoms. The molecule has 0 spiro atoms. The predicted octanol–water partition coefficient (Wildman–Crippen LogP) is 2.72. The summed E-state index contributed by atoms with van der Waals surface area (Å²) in [6, 6.07) is 6.48. The third-order valence-electron chi connectivity index (χ3n) is 3.48. The molecule has 0 heterocycles. The number of benzene rings is 1. The molecule has 1 rings (SSSR count). The standard InChI is InChI=1S/C19H26O6/c1-7-24-17(22)19(13(2)20,25-18(3,4)5)12-14-8-10-15(11-9-14)16(21)23-6/h8-11H,7,12H2,1-6H3. The zero-order valence-electron chi connectivity index (χ0n) is 15.7. The Bertz CT molecular complexity index is 626. The molecular weight excluding hydrogens is 324 g/mol. The number of ketones is 1. The van der Waals surface area contributed by atoms with Gasteiger partial charge in [0.25, 0.3) is 0 Å². The van der Waals surface area contributed by atoms with Crippen LogP contribution in [-0.4, -0.2) is 42.6 Å². The van der Waals surface area contributed by atoms with Gasteiger partial charge in [-0.25, -0.2) is 9.59 Å². The second kappa shape index (κ2) is 8.25. The highest BCUT2D eigenvalue weighted by Crippen LogP contribution is 2.28. The van der Waals surface area contributed by atoms with Gasteiger partial charge in [0.15, 0.2) is 5.78 Å². The van der Waals surface area contributed by atoms with Gasteiger partial charge in [-0.1, -0.05) is 12.1 Å². The smallest absolute Gasteiger partial charge is 0.346 e. The van der Waals surface area contributed by atoms with Gasteiger partial charge in [0.05, 0.1) is 24.9 Å². The van der Waals surface area contributed by atoms with E-state index < -0.39 is 28.9 Å². The Hall–Kier alpha value is -2.21. The molecule has 0 saturated carbocycles. The van der Waals surface area contributed by atoms with Crippen molar-refractivity contribution in [2.75, 3.05) is 13.7 Å². The van der Waals surface area contributed by atoms with Crippen LogP contribution in [0, 0.1) is 0 Å². The summed E-state index contributed by atoms with van der Waals surface area (Å²) in [6.45, 7) is 8.43. The molecular formula is C19H26O6. The molecule has 0 aromatic heterocycles. The molecule has 1 aromatic rings. The monoisotopic (exact) mass is 350 g/mol. The van der Waals surface area contributed by atoms with Crippen LogP contribution in [0.15, 0.2) is 24.3 Å². The van der Waals surface area contributed by atoms with Crippen molar-refractivity contribution in [3.05, 3.63) is 35.4 Å². The van der Waals surface area contributed by atoms with Gasteiger partial charge in [-0.2, -0.15) is 0 Å². The molecule has 1 unspecified atom stereocenters. The number of carbonyl (C=O) groups is 3. The Morgan fingerprint density at radius 2 is 1.60 bits per heavy atom.